The summed E-state index contributed by atoms with van der Waals surface area (Å²) in [6.45, 7) is 7.43. The van der Waals surface area contributed by atoms with Crippen LogP contribution in [0.25, 0.3) is 11.4 Å². The van der Waals surface area contributed by atoms with Gasteiger partial charge in [-0.25, -0.2) is 0 Å². The molecule has 0 bridgehead atoms. The number of pyridine rings is 1. The van der Waals surface area contributed by atoms with Crippen molar-refractivity contribution in [2.45, 2.75) is 25.4 Å². The van der Waals surface area contributed by atoms with E-state index in [-0.39, 0.29) is 11.8 Å². The van der Waals surface area contributed by atoms with Gasteiger partial charge in [0.2, 0.25) is 5.91 Å². The van der Waals surface area contributed by atoms with Gasteiger partial charge in [-0.2, -0.15) is 5.10 Å². The van der Waals surface area contributed by atoms with Crippen LogP contribution in [0.5, 0.6) is 11.5 Å². The van der Waals surface area contributed by atoms with Crippen LogP contribution >= 0.6 is 23.2 Å². The number of ether oxygens (including phenoxy) is 4. The Kier molecular flexibility index (Phi) is 10.4. The van der Waals surface area contributed by atoms with Crippen LogP contribution in [0.3, 0.4) is 0 Å². The zero-order valence-electron chi connectivity index (χ0n) is 24.2. The van der Waals surface area contributed by atoms with Gasteiger partial charge in [-0.1, -0.05) is 36.7 Å². The lowest BCUT2D eigenvalue weighted by atomic mass is 9.83. The number of nitrogens with one attached hydrogen (secondary N) is 2. The fraction of sp³-hybridized carbons (Fsp3) is 0.379. The first kappa shape index (κ1) is 31.3. The van der Waals surface area contributed by atoms with Crippen LogP contribution in [-0.2, 0) is 20.8 Å². The quantitative estimate of drug-likeness (QED) is 0.218. The van der Waals surface area contributed by atoms with Gasteiger partial charge >= 0.3 is 0 Å². The number of aromatic nitrogens is 3. The van der Waals surface area contributed by atoms with Crippen molar-refractivity contribution in [3.63, 3.8) is 0 Å². The number of carbonyl (C=O) groups excluding carboxylic acids is 1. The second-order valence-electron chi connectivity index (χ2n) is 9.43. The molecule has 0 radical (unpaired) electrons. The number of hydrogen-bond donors (Lipinski definition) is 2. The maximum atomic E-state index is 12.2. The van der Waals surface area contributed by atoms with E-state index in [4.69, 9.17) is 52.1 Å². The second kappa shape index (κ2) is 14.0. The highest BCUT2D eigenvalue weighted by molar-refractivity contribution is 6.38. The van der Waals surface area contributed by atoms with Gasteiger partial charge in [0.15, 0.2) is 0 Å². The number of benzene rings is 1. The number of amidine groups is 1. The molecule has 13 heteroatoms. The molecule has 1 aliphatic rings. The average molecular weight is 618 g/mol. The lowest BCUT2D eigenvalue weighted by Crippen LogP contribution is -2.33. The van der Waals surface area contributed by atoms with Crippen LogP contribution in [0.4, 0.5) is 5.69 Å². The molecular weight excluding hydrogens is 583 g/mol. The fourth-order valence-corrected chi connectivity index (χ4v) is 5.55. The minimum absolute atomic E-state index is 0.181. The third-order valence-electron chi connectivity index (χ3n) is 6.96. The minimum atomic E-state index is -0.478. The van der Waals surface area contributed by atoms with Crippen molar-refractivity contribution in [2.75, 3.05) is 53.5 Å². The molecule has 224 valence electrons. The molecule has 3 heterocycles. The van der Waals surface area contributed by atoms with Crippen molar-refractivity contribution in [1.29, 1.82) is 0 Å². The molecule has 2 aromatic heterocycles. The van der Waals surface area contributed by atoms with E-state index in [2.05, 4.69) is 22.3 Å². The Bertz CT molecular complexity index is 1460. The molecule has 0 saturated carbocycles. The highest BCUT2D eigenvalue weighted by Gasteiger charge is 2.35. The lowest BCUT2D eigenvalue weighted by molar-refractivity contribution is -0.111. The van der Waals surface area contributed by atoms with Gasteiger partial charge in [0, 0.05) is 50.1 Å². The molecular formula is C29H34Cl2N6O5. The number of fused-ring (bicyclic) bond motifs is 1. The summed E-state index contributed by atoms with van der Waals surface area (Å²) in [5, 5.41) is 11.4. The third kappa shape index (κ3) is 6.24. The number of carbonyl (C=O) groups is 1. The molecule has 1 amide bonds. The SMILES string of the molecule is C=CC(=O)Nc1cnn(CCOC)c1-c1cc2c(cn1)C(C)C(c1c(Cl)c(OC)cc(OC)c1Cl)N=C2NCCOC. The minimum Gasteiger partial charge on any atom is -0.495 e. The van der Waals surface area contributed by atoms with E-state index in [0.29, 0.717) is 76.3 Å². The van der Waals surface area contributed by atoms with Gasteiger partial charge in [0.25, 0.3) is 0 Å². The summed E-state index contributed by atoms with van der Waals surface area (Å²) in [7, 11) is 6.32. The molecule has 1 aromatic carbocycles. The van der Waals surface area contributed by atoms with E-state index in [9.17, 15) is 4.79 Å². The lowest BCUT2D eigenvalue weighted by Gasteiger charge is -2.31. The van der Waals surface area contributed by atoms with Crippen molar-refractivity contribution < 1.29 is 23.7 Å². The molecule has 3 aromatic rings. The van der Waals surface area contributed by atoms with Crippen LogP contribution in [0.2, 0.25) is 10.0 Å². The molecule has 0 saturated heterocycles. The Balaban J connectivity index is 1.88. The zero-order chi connectivity index (χ0) is 30.4. The van der Waals surface area contributed by atoms with Crippen LogP contribution in [-0.4, -0.2) is 74.7 Å². The first-order valence-electron chi connectivity index (χ1n) is 13.2. The van der Waals surface area contributed by atoms with Gasteiger partial charge in [-0.05, 0) is 17.7 Å². The van der Waals surface area contributed by atoms with Gasteiger partial charge < -0.3 is 29.6 Å². The highest BCUT2D eigenvalue weighted by atomic mass is 35.5. The fourth-order valence-electron chi connectivity index (χ4n) is 4.82. The molecule has 0 fully saturated rings. The number of hydrogen-bond acceptors (Lipinski definition) is 9. The first-order valence-corrected chi connectivity index (χ1v) is 13.9. The number of methoxy groups -OCH3 is 4. The molecule has 0 aliphatic carbocycles. The Morgan fingerprint density at radius 1 is 1.07 bits per heavy atom. The normalized spacial score (nSPS) is 15.9. The van der Waals surface area contributed by atoms with Crippen LogP contribution < -0.4 is 20.1 Å². The summed E-state index contributed by atoms with van der Waals surface area (Å²) in [6.07, 6.45) is 4.59. The zero-order valence-corrected chi connectivity index (χ0v) is 25.7. The van der Waals surface area contributed by atoms with Crippen molar-refractivity contribution in [3.8, 4) is 22.9 Å². The monoisotopic (exact) mass is 616 g/mol. The molecule has 2 N–H and O–H groups in total. The van der Waals surface area contributed by atoms with Gasteiger partial charge in [0.1, 0.15) is 23.0 Å². The van der Waals surface area contributed by atoms with E-state index in [1.54, 1.807) is 37.4 Å². The molecule has 11 nitrogen and oxygen atoms in total. The Morgan fingerprint density at radius 2 is 1.76 bits per heavy atom. The van der Waals surface area contributed by atoms with E-state index in [0.717, 1.165) is 11.1 Å². The summed E-state index contributed by atoms with van der Waals surface area (Å²) in [6, 6.07) is 3.11. The van der Waals surface area contributed by atoms with E-state index < -0.39 is 6.04 Å². The number of aliphatic imine (C=N–C) groups is 1. The van der Waals surface area contributed by atoms with E-state index >= 15 is 0 Å². The predicted octanol–water partition coefficient (Wildman–Crippen LogP) is 4.88. The van der Waals surface area contributed by atoms with E-state index in [1.807, 2.05) is 13.0 Å². The third-order valence-corrected chi connectivity index (χ3v) is 7.74. The van der Waals surface area contributed by atoms with Crippen molar-refractivity contribution >= 4 is 40.6 Å². The van der Waals surface area contributed by atoms with Crippen molar-refractivity contribution in [3.05, 3.63) is 63.9 Å². The van der Waals surface area contributed by atoms with Crippen LogP contribution in [0.1, 0.15) is 35.6 Å². The number of halogens is 2. The van der Waals surface area contributed by atoms with Crippen molar-refractivity contribution in [2.24, 2.45) is 4.99 Å². The second-order valence-corrected chi connectivity index (χ2v) is 10.2. The number of amides is 1. The first-order chi connectivity index (χ1) is 20.3. The molecule has 1 aliphatic heterocycles. The van der Waals surface area contributed by atoms with Crippen LogP contribution in [0, 0.1) is 0 Å². The number of anilines is 1. The molecule has 42 heavy (non-hydrogen) atoms. The van der Waals surface area contributed by atoms with Crippen LogP contribution in [0.15, 0.2) is 42.2 Å². The van der Waals surface area contributed by atoms with Gasteiger partial charge in [-0.15, -0.1) is 0 Å². The Hall–Kier alpha value is -3.64. The molecule has 0 spiro atoms. The summed E-state index contributed by atoms with van der Waals surface area (Å²) < 4.78 is 23.3. The Labute approximate surface area is 254 Å². The predicted molar refractivity (Wildman–Crippen MR) is 163 cm³/mol. The summed E-state index contributed by atoms with van der Waals surface area (Å²) >= 11 is 13.6. The maximum absolute atomic E-state index is 12.2. The maximum Gasteiger partial charge on any atom is 0.247 e. The molecule has 4 rings (SSSR count). The topological polar surface area (TPSA) is 121 Å². The number of nitrogens with zero attached hydrogens (tertiary/aromatic N) is 4. The van der Waals surface area contributed by atoms with Crippen molar-refractivity contribution in [1.82, 2.24) is 20.1 Å². The van der Waals surface area contributed by atoms with Gasteiger partial charge in [-0.3, -0.25) is 19.5 Å². The standard InChI is InChI=1S/C29H34Cl2N6O5/c1-7-23(38)35-20-15-34-37(9-11-40-4)28(20)19-12-17-18(14-33-19)16(2)27(36-29(17)32-8-10-39-3)24-25(30)21(41-5)13-22(42-6)26(24)31/h7,12-16,27H,1,8-11H2,2-6H3,(H,32,36)(H,35,38). The highest BCUT2D eigenvalue weighted by Crippen LogP contribution is 2.50. The van der Waals surface area contributed by atoms with Gasteiger partial charge in [0.05, 0.1) is 67.6 Å². The summed E-state index contributed by atoms with van der Waals surface area (Å²) in [5.74, 6) is 0.939. The van der Waals surface area contributed by atoms with E-state index in [1.165, 1.54) is 20.3 Å². The summed E-state index contributed by atoms with van der Waals surface area (Å²) in [5.41, 5.74) is 4.06. The smallest absolute Gasteiger partial charge is 0.247 e. The average Bonchev–Trinajstić information content (AvgIpc) is 3.39. The Morgan fingerprint density at radius 3 is 2.38 bits per heavy atom. The molecule has 2 unspecified atom stereocenters. The number of rotatable bonds is 12. The molecule has 2 atom stereocenters. The largest absolute Gasteiger partial charge is 0.495 e. The summed E-state index contributed by atoms with van der Waals surface area (Å²) in [4.78, 5) is 22.1.